The SMILES string of the molecule is O=C(CCO)N1CCCCC12CCNC2=O. The van der Waals surface area contributed by atoms with E-state index in [9.17, 15) is 9.59 Å². The van der Waals surface area contributed by atoms with Crippen molar-refractivity contribution in [2.45, 2.75) is 37.6 Å². The normalized spacial score (nSPS) is 29.6. The van der Waals surface area contributed by atoms with E-state index < -0.39 is 5.54 Å². The fourth-order valence-electron chi connectivity index (χ4n) is 2.79. The molecular formula is C11H18N2O3. The highest BCUT2D eigenvalue weighted by atomic mass is 16.3. The van der Waals surface area contributed by atoms with Crippen LogP contribution in [0.4, 0.5) is 0 Å². The van der Waals surface area contributed by atoms with E-state index in [4.69, 9.17) is 5.11 Å². The van der Waals surface area contributed by atoms with Gasteiger partial charge >= 0.3 is 0 Å². The molecule has 2 fully saturated rings. The second-order valence-electron chi connectivity index (χ2n) is 4.51. The molecule has 2 aliphatic heterocycles. The third-order valence-electron chi connectivity index (χ3n) is 3.61. The topological polar surface area (TPSA) is 69.6 Å². The second-order valence-corrected chi connectivity index (χ2v) is 4.51. The van der Waals surface area contributed by atoms with Gasteiger partial charge in [0.05, 0.1) is 6.61 Å². The highest BCUT2D eigenvalue weighted by Crippen LogP contribution is 2.34. The molecule has 1 unspecified atom stereocenters. The largest absolute Gasteiger partial charge is 0.396 e. The Morgan fingerprint density at radius 3 is 2.88 bits per heavy atom. The number of carbonyl (C=O) groups excluding carboxylic acids is 2. The van der Waals surface area contributed by atoms with Crippen LogP contribution >= 0.6 is 0 Å². The summed E-state index contributed by atoms with van der Waals surface area (Å²) in [5.74, 6) is -0.113. The van der Waals surface area contributed by atoms with Crippen molar-refractivity contribution in [3.8, 4) is 0 Å². The molecule has 1 spiro atoms. The molecule has 16 heavy (non-hydrogen) atoms. The Morgan fingerprint density at radius 1 is 1.44 bits per heavy atom. The summed E-state index contributed by atoms with van der Waals surface area (Å²) < 4.78 is 0. The van der Waals surface area contributed by atoms with Gasteiger partial charge in [0.2, 0.25) is 11.8 Å². The fourth-order valence-corrected chi connectivity index (χ4v) is 2.79. The van der Waals surface area contributed by atoms with Crippen molar-refractivity contribution in [3.63, 3.8) is 0 Å². The van der Waals surface area contributed by atoms with Crippen LogP contribution in [0.25, 0.3) is 0 Å². The van der Waals surface area contributed by atoms with E-state index >= 15 is 0 Å². The zero-order valence-electron chi connectivity index (χ0n) is 9.37. The molecule has 0 aliphatic carbocycles. The van der Waals surface area contributed by atoms with Crippen LogP contribution in [0.5, 0.6) is 0 Å². The lowest BCUT2D eigenvalue weighted by Gasteiger charge is -2.42. The van der Waals surface area contributed by atoms with Crippen molar-refractivity contribution in [2.75, 3.05) is 19.7 Å². The maximum Gasteiger partial charge on any atom is 0.246 e. The minimum absolute atomic E-state index is 0.0153. The van der Waals surface area contributed by atoms with Crippen molar-refractivity contribution in [1.82, 2.24) is 10.2 Å². The van der Waals surface area contributed by atoms with Gasteiger partial charge in [-0.1, -0.05) is 0 Å². The molecule has 2 saturated heterocycles. The first-order valence-corrected chi connectivity index (χ1v) is 5.90. The summed E-state index contributed by atoms with van der Waals surface area (Å²) in [7, 11) is 0. The van der Waals surface area contributed by atoms with Crippen LogP contribution in [0.3, 0.4) is 0 Å². The lowest BCUT2D eigenvalue weighted by molar-refractivity contribution is -0.148. The summed E-state index contributed by atoms with van der Waals surface area (Å²) in [4.78, 5) is 25.5. The van der Waals surface area contributed by atoms with Crippen LogP contribution in [0.1, 0.15) is 32.1 Å². The summed E-state index contributed by atoms with van der Waals surface area (Å²) in [5.41, 5.74) is -0.607. The number of aliphatic hydroxyl groups is 1. The van der Waals surface area contributed by atoms with E-state index in [1.807, 2.05) is 0 Å². The number of carbonyl (C=O) groups is 2. The molecule has 2 heterocycles. The summed E-state index contributed by atoms with van der Waals surface area (Å²) in [6.07, 6.45) is 3.54. The number of amides is 2. The van der Waals surface area contributed by atoms with Crippen molar-refractivity contribution in [3.05, 3.63) is 0 Å². The van der Waals surface area contributed by atoms with Gasteiger partial charge in [0.1, 0.15) is 5.54 Å². The van der Waals surface area contributed by atoms with Gasteiger partial charge in [-0.2, -0.15) is 0 Å². The molecule has 0 radical (unpaired) electrons. The van der Waals surface area contributed by atoms with Gasteiger partial charge in [0, 0.05) is 19.5 Å². The zero-order chi connectivity index (χ0) is 11.6. The molecule has 5 nitrogen and oxygen atoms in total. The summed E-state index contributed by atoms with van der Waals surface area (Å²) in [6, 6.07) is 0. The quantitative estimate of drug-likeness (QED) is 0.675. The molecule has 0 bridgehead atoms. The van der Waals surface area contributed by atoms with E-state index in [1.165, 1.54) is 0 Å². The summed E-state index contributed by atoms with van der Waals surface area (Å²) in [5, 5.41) is 11.6. The third-order valence-corrected chi connectivity index (χ3v) is 3.61. The molecule has 2 rings (SSSR count). The van der Waals surface area contributed by atoms with Crippen molar-refractivity contribution >= 4 is 11.8 Å². The maximum absolute atomic E-state index is 11.9. The Hall–Kier alpha value is -1.10. The number of aliphatic hydroxyl groups excluding tert-OH is 1. The van der Waals surface area contributed by atoms with Crippen LogP contribution in [-0.4, -0.2) is 47.1 Å². The lowest BCUT2D eigenvalue weighted by Crippen LogP contribution is -2.58. The number of nitrogens with zero attached hydrogens (tertiary/aromatic N) is 1. The van der Waals surface area contributed by atoms with E-state index in [2.05, 4.69) is 5.32 Å². The molecule has 90 valence electrons. The van der Waals surface area contributed by atoms with Crippen molar-refractivity contribution in [2.24, 2.45) is 0 Å². The van der Waals surface area contributed by atoms with Crippen LogP contribution < -0.4 is 5.32 Å². The van der Waals surface area contributed by atoms with Crippen molar-refractivity contribution < 1.29 is 14.7 Å². The number of hydrogen-bond acceptors (Lipinski definition) is 3. The molecular weight excluding hydrogens is 208 g/mol. The number of likely N-dealkylation sites (tertiary alicyclic amines) is 1. The Labute approximate surface area is 94.8 Å². The molecule has 2 N–H and O–H groups in total. The van der Waals surface area contributed by atoms with Crippen LogP contribution in [-0.2, 0) is 9.59 Å². The predicted molar refractivity (Wildman–Crippen MR) is 57.6 cm³/mol. The van der Waals surface area contributed by atoms with Crippen molar-refractivity contribution in [1.29, 1.82) is 0 Å². The van der Waals surface area contributed by atoms with E-state index in [0.29, 0.717) is 19.5 Å². The first-order valence-electron chi connectivity index (χ1n) is 5.90. The molecule has 1 atom stereocenters. The van der Waals surface area contributed by atoms with E-state index in [1.54, 1.807) is 4.90 Å². The molecule has 0 saturated carbocycles. The Bertz CT molecular complexity index is 306. The van der Waals surface area contributed by atoms with Gasteiger partial charge in [-0.05, 0) is 25.7 Å². The number of nitrogens with one attached hydrogen (secondary N) is 1. The van der Waals surface area contributed by atoms with Gasteiger partial charge in [-0.15, -0.1) is 0 Å². The second kappa shape index (κ2) is 4.41. The highest BCUT2D eigenvalue weighted by molar-refractivity contribution is 5.93. The van der Waals surface area contributed by atoms with Gasteiger partial charge in [0.25, 0.3) is 0 Å². The van der Waals surface area contributed by atoms with Gasteiger partial charge in [-0.25, -0.2) is 0 Å². The Balaban J connectivity index is 2.19. The monoisotopic (exact) mass is 226 g/mol. The Morgan fingerprint density at radius 2 is 2.25 bits per heavy atom. The average molecular weight is 226 g/mol. The smallest absolute Gasteiger partial charge is 0.246 e. The molecule has 0 aromatic rings. The maximum atomic E-state index is 11.9. The molecule has 2 amide bonds. The standard InChI is InChI=1S/C11H18N2O3/c14-8-3-9(15)13-7-2-1-4-11(13)5-6-12-10(11)16/h14H,1-8H2,(H,12,16). The van der Waals surface area contributed by atoms with Gasteiger partial charge in [0.15, 0.2) is 0 Å². The van der Waals surface area contributed by atoms with Crippen LogP contribution in [0, 0.1) is 0 Å². The predicted octanol–water partition coefficient (Wildman–Crippen LogP) is -0.360. The molecule has 2 aliphatic rings. The number of rotatable bonds is 2. The van der Waals surface area contributed by atoms with E-state index in [-0.39, 0.29) is 24.8 Å². The van der Waals surface area contributed by atoms with Gasteiger partial charge in [-0.3, -0.25) is 9.59 Å². The average Bonchev–Trinajstić information content (AvgIpc) is 2.62. The lowest BCUT2D eigenvalue weighted by atomic mass is 9.85. The fraction of sp³-hybridized carbons (Fsp3) is 0.818. The first kappa shape index (κ1) is 11.4. The minimum atomic E-state index is -0.607. The minimum Gasteiger partial charge on any atom is -0.396 e. The summed E-state index contributed by atoms with van der Waals surface area (Å²) >= 11 is 0. The first-order chi connectivity index (χ1) is 7.70. The molecule has 0 aromatic heterocycles. The Kier molecular flexibility index (Phi) is 3.14. The number of piperidine rings is 1. The molecule has 0 aromatic carbocycles. The van der Waals surface area contributed by atoms with Gasteiger partial charge < -0.3 is 15.3 Å². The van der Waals surface area contributed by atoms with Crippen LogP contribution in [0.15, 0.2) is 0 Å². The zero-order valence-corrected chi connectivity index (χ0v) is 9.37. The third kappa shape index (κ3) is 1.69. The summed E-state index contributed by atoms with van der Waals surface area (Å²) in [6.45, 7) is 1.15. The van der Waals surface area contributed by atoms with Crippen LogP contribution in [0.2, 0.25) is 0 Å². The number of hydrogen-bond donors (Lipinski definition) is 2. The highest BCUT2D eigenvalue weighted by Gasteiger charge is 2.49. The molecule has 5 heteroatoms. The van der Waals surface area contributed by atoms with E-state index in [0.717, 1.165) is 19.3 Å².